The van der Waals surface area contributed by atoms with Gasteiger partial charge in [-0.05, 0) is 24.3 Å². The van der Waals surface area contributed by atoms with Crippen LogP contribution in [-0.2, 0) is 0 Å². The number of hydrogen-bond acceptors (Lipinski definition) is 4. The molecule has 0 aliphatic rings. The molecule has 0 bridgehead atoms. The van der Waals surface area contributed by atoms with E-state index in [0.717, 1.165) is 0 Å². The van der Waals surface area contributed by atoms with Crippen LogP contribution in [0.2, 0.25) is 0 Å². The number of phenols is 2. The molecule has 0 aliphatic carbocycles. The molecular formula is C10H9N3O2. The molecule has 0 fully saturated rings. The monoisotopic (exact) mass is 203 g/mol. The van der Waals surface area contributed by atoms with Gasteiger partial charge in [-0.2, -0.15) is 0 Å². The lowest BCUT2D eigenvalue weighted by molar-refractivity contribution is 0.461. The molecule has 1 aromatic carbocycles. The van der Waals surface area contributed by atoms with E-state index in [1.54, 1.807) is 18.3 Å². The van der Waals surface area contributed by atoms with Crippen LogP contribution in [0.1, 0.15) is 0 Å². The smallest absolute Gasteiger partial charge is 0.152 e. The summed E-state index contributed by atoms with van der Waals surface area (Å²) < 4.78 is 0. The number of benzene rings is 1. The van der Waals surface area contributed by atoms with Crippen LogP contribution in [0.5, 0.6) is 11.5 Å². The zero-order valence-corrected chi connectivity index (χ0v) is 7.75. The number of nitrogens with zero attached hydrogens (tertiary/aromatic N) is 2. The number of rotatable bonds is 2. The van der Waals surface area contributed by atoms with E-state index < -0.39 is 0 Å². The first-order valence-electron chi connectivity index (χ1n) is 4.33. The van der Waals surface area contributed by atoms with Gasteiger partial charge in [-0.15, -0.1) is 10.2 Å². The fourth-order valence-electron chi connectivity index (χ4n) is 1.08. The van der Waals surface area contributed by atoms with Crippen LogP contribution >= 0.6 is 0 Å². The van der Waals surface area contributed by atoms with Gasteiger partial charge >= 0.3 is 0 Å². The number of azo groups is 1. The first-order chi connectivity index (χ1) is 7.25. The van der Waals surface area contributed by atoms with Crippen LogP contribution in [0.25, 0.3) is 0 Å². The Hall–Kier alpha value is -2.30. The van der Waals surface area contributed by atoms with Gasteiger partial charge in [0.1, 0.15) is 17.2 Å². The highest BCUT2D eigenvalue weighted by Gasteiger charge is 2.00. The zero-order valence-electron chi connectivity index (χ0n) is 7.75. The fraction of sp³-hybridized carbons (Fsp3) is 0. The van der Waals surface area contributed by atoms with E-state index >= 15 is 0 Å². The van der Waals surface area contributed by atoms with E-state index in [2.05, 4.69) is 15.2 Å². The standard InChI is InChI=1S/C10H9N3O2/c14-7-3-4-9(15)8(6-7)12-13-10-2-1-5-11-10/h1-6,11,14-15H. The number of phenolic OH excluding ortho intramolecular Hbond substituents is 2. The van der Waals surface area contributed by atoms with Gasteiger partial charge in [-0.3, -0.25) is 0 Å². The van der Waals surface area contributed by atoms with E-state index in [1.807, 2.05) is 0 Å². The fourth-order valence-corrected chi connectivity index (χ4v) is 1.08. The first kappa shape index (κ1) is 9.26. The number of nitrogens with one attached hydrogen (secondary N) is 1. The molecule has 0 atom stereocenters. The van der Waals surface area contributed by atoms with Gasteiger partial charge in [0.2, 0.25) is 0 Å². The molecule has 5 heteroatoms. The Labute approximate surface area is 85.7 Å². The van der Waals surface area contributed by atoms with Gasteiger partial charge in [0.15, 0.2) is 5.82 Å². The van der Waals surface area contributed by atoms with Crippen molar-refractivity contribution in [1.82, 2.24) is 4.98 Å². The maximum Gasteiger partial charge on any atom is 0.152 e. The first-order valence-corrected chi connectivity index (χ1v) is 4.33. The number of aromatic amines is 1. The van der Waals surface area contributed by atoms with Crippen molar-refractivity contribution in [3.05, 3.63) is 36.5 Å². The lowest BCUT2D eigenvalue weighted by Gasteiger charge is -1.97. The summed E-state index contributed by atoms with van der Waals surface area (Å²) in [6.07, 6.45) is 1.72. The summed E-state index contributed by atoms with van der Waals surface area (Å²) >= 11 is 0. The molecule has 0 unspecified atom stereocenters. The maximum atomic E-state index is 9.39. The Balaban J connectivity index is 2.27. The van der Waals surface area contributed by atoms with Crippen molar-refractivity contribution in [2.45, 2.75) is 0 Å². The van der Waals surface area contributed by atoms with Crippen molar-refractivity contribution in [3.63, 3.8) is 0 Å². The zero-order chi connectivity index (χ0) is 10.7. The molecule has 76 valence electrons. The van der Waals surface area contributed by atoms with Gasteiger partial charge in [0.25, 0.3) is 0 Å². The minimum absolute atomic E-state index is 0.0249. The van der Waals surface area contributed by atoms with Crippen molar-refractivity contribution >= 4 is 11.5 Å². The molecule has 0 spiro atoms. The van der Waals surface area contributed by atoms with Gasteiger partial charge in [-0.25, -0.2) is 0 Å². The number of aromatic nitrogens is 1. The van der Waals surface area contributed by atoms with Crippen LogP contribution in [0.15, 0.2) is 46.8 Å². The Morgan fingerprint density at radius 2 is 1.93 bits per heavy atom. The molecule has 1 heterocycles. The van der Waals surface area contributed by atoms with Gasteiger partial charge in [0, 0.05) is 12.3 Å². The van der Waals surface area contributed by atoms with Crippen molar-refractivity contribution in [2.24, 2.45) is 10.2 Å². The summed E-state index contributed by atoms with van der Waals surface area (Å²) in [5.74, 6) is 0.592. The average molecular weight is 203 g/mol. The predicted octanol–water partition coefficient (Wildman–Crippen LogP) is 2.84. The van der Waals surface area contributed by atoms with Gasteiger partial charge < -0.3 is 15.2 Å². The lowest BCUT2D eigenvalue weighted by Crippen LogP contribution is -1.68. The second kappa shape index (κ2) is 3.83. The van der Waals surface area contributed by atoms with E-state index in [0.29, 0.717) is 5.82 Å². The van der Waals surface area contributed by atoms with Crippen molar-refractivity contribution in [2.75, 3.05) is 0 Å². The van der Waals surface area contributed by atoms with E-state index in [4.69, 9.17) is 0 Å². The third-order valence-corrected chi connectivity index (χ3v) is 1.81. The predicted molar refractivity (Wildman–Crippen MR) is 54.7 cm³/mol. The molecule has 0 amide bonds. The average Bonchev–Trinajstić information content (AvgIpc) is 2.72. The molecule has 0 radical (unpaired) electrons. The summed E-state index contributed by atoms with van der Waals surface area (Å²) in [7, 11) is 0. The number of aromatic hydroxyl groups is 2. The third kappa shape index (κ3) is 2.14. The normalized spacial score (nSPS) is 10.9. The Bertz CT molecular complexity index is 477. The molecule has 0 saturated heterocycles. The molecule has 5 nitrogen and oxygen atoms in total. The molecule has 0 saturated carbocycles. The van der Waals surface area contributed by atoms with Crippen LogP contribution in [0.3, 0.4) is 0 Å². The topological polar surface area (TPSA) is 81.0 Å². The SMILES string of the molecule is Oc1ccc(O)c(N=Nc2ccc[nH]2)c1. The Kier molecular flexibility index (Phi) is 2.37. The van der Waals surface area contributed by atoms with Crippen LogP contribution in [0.4, 0.5) is 11.5 Å². The summed E-state index contributed by atoms with van der Waals surface area (Å²) in [6, 6.07) is 7.60. The van der Waals surface area contributed by atoms with Gasteiger partial charge in [0.05, 0.1) is 0 Å². The summed E-state index contributed by atoms with van der Waals surface area (Å²) in [5, 5.41) is 26.2. The van der Waals surface area contributed by atoms with Crippen LogP contribution < -0.4 is 0 Å². The summed E-state index contributed by atoms with van der Waals surface area (Å²) in [4.78, 5) is 2.84. The van der Waals surface area contributed by atoms with E-state index in [1.165, 1.54) is 18.2 Å². The highest BCUT2D eigenvalue weighted by molar-refractivity contribution is 5.54. The minimum Gasteiger partial charge on any atom is -0.508 e. The molecule has 15 heavy (non-hydrogen) atoms. The molecule has 2 rings (SSSR count). The van der Waals surface area contributed by atoms with E-state index in [-0.39, 0.29) is 17.2 Å². The second-order valence-corrected chi connectivity index (χ2v) is 2.93. The molecule has 3 N–H and O–H groups in total. The number of H-pyrrole nitrogens is 1. The molecular weight excluding hydrogens is 194 g/mol. The number of hydrogen-bond donors (Lipinski definition) is 3. The van der Waals surface area contributed by atoms with Gasteiger partial charge in [-0.1, -0.05) is 0 Å². The highest BCUT2D eigenvalue weighted by Crippen LogP contribution is 2.30. The van der Waals surface area contributed by atoms with Crippen LogP contribution in [0, 0.1) is 0 Å². The Morgan fingerprint density at radius 1 is 1.07 bits per heavy atom. The molecule has 1 aromatic heterocycles. The van der Waals surface area contributed by atoms with Crippen molar-refractivity contribution in [1.29, 1.82) is 0 Å². The van der Waals surface area contributed by atoms with Crippen molar-refractivity contribution in [3.8, 4) is 11.5 Å². The largest absolute Gasteiger partial charge is 0.508 e. The van der Waals surface area contributed by atoms with E-state index in [9.17, 15) is 10.2 Å². The quantitative estimate of drug-likeness (QED) is 0.518. The highest BCUT2D eigenvalue weighted by atomic mass is 16.3. The Morgan fingerprint density at radius 3 is 2.67 bits per heavy atom. The van der Waals surface area contributed by atoms with Crippen molar-refractivity contribution < 1.29 is 10.2 Å². The molecule has 2 aromatic rings. The van der Waals surface area contributed by atoms with Crippen LogP contribution in [-0.4, -0.2) is 15.2 Å². The second-order valence-electron chi connectivity index (χ2n) is 2.93. The third-order valence-electron chi connectivity index (χ3n) is 1.81. The minimum atomic E-state index is -0.0249. The lowest BCUT2D eigenvalue weighted by atomic mass is 10.3. The summed E-state index contributed by atoms with van der Waals surface area (Å²) in [6.45, 7) is 0. The summed E-state index contributed by atoms with van der Waals surface area (Å²) in [5.41, 5.74) is 0.226. The molecule has 0 aliphatic heterocycles. The maximum absolute atomic E-state index is 9.39.